The Labute approximate surface area is 212 Å². The minimum Gasteiger partial charge on any atom is -0.463 e. The van der Waals surface area contributed by atoms with Crippen molar-refractivity contribution in [3.05, 3.63) is 70.7 Å². The van der Waals surface area contributed by atoms with Crippen LogP contribution >= 0.6 is 22.9 Å². The number of aromatic nitrogens is 1. The SMILES string of the molecule is CCOC(=O)[C@](NC(=O)c1ccccc1Cl)(Nc1ccc(S(=O)(=O)Nc2nccs2)cc1)C(F)(F)F. The van der Waals surface area contributed by atoms with Crippen LogP contribution in [0.4, 0.5) is 24.0 Å². The molecule has 0 spiro atoms. The fraction of sp³-hybridized carbons (Fsp3) is 0.190. The smallest absolute Gasteiger partial charge is 0.441 e. The summed E-state index contributed by atoms with van der Waals surface area (Å²) in [6.07, 6.45) is -4.01. The molecular formula is C21H18ClF3N4O5S2. The number of amides is 1. The number of benzene rings is 2. The fourth-order valence-corrected chi connectivity index (χ4v) is 4.91. The lowest BCUT2D eigenvalue weighted by molar-refractivity contribution is -0.204. The molecule has 0 radical (unpaired) electrons. The summed E-state index contributed by atoms with van der Waals surface area (Å²) in [4.78, 5) is 28.9. The van der Waals surface area contributed by atoms with E-state index in [2.05, 4.69) is 14.4 Å². The van der Waals surface area contributed by atoms with E-state index < -0.39 is 40.3 Å². The minimum atomic E-state index is -5.40. The van der Waals surface area contributed by atoms with Gasteiger partial charge in [-0.05, 0) is 43.3 Å². The Kier molecular flexibility index (Phi) is 8.11. The molecular weight excluding hydrogens is 545 g/mol. The second kappa shape index (κ2) is 10.7. The standard InChI is InChI=1S/C21H18ClF3N4O5S2/c1-2-34-18(31)20(21(23,24)25,28-17(30)15-5-3-4-6-16(15)22)27-13-7-9-14(10-8-13)36(32,33)29-19-26-11-12-35-19/h3-12,27H,2H2,1H3,(H,26,29)(H,28,30)/t20-/m1/s1. The van der Waals surface area contributed by atoms with Crippen molar-refractivity contribution in [2.45, 2.75) is 23.7 Å². The maximum absolute atomic E-state index is 14.4. The maximum Gasteiger partial charge on any atom is 0.441 e. The van der Waals surface area contributed by atoms with Crippen molar-refractivity contribution in [1.82, 2.24) is 10.3 Å². The zero-order chi connectivity index (χ0) is 26.6. The lowest BCUT2D eigenvalue weighted by Gasteiger charge is -2.35. The van der Waals surface area contributed by atoms with Crippen molar-refractivity contribution in [3.63, 3.8) is 0 Å². The van der Waals surface area contributed by atoms with E-state index in [4.69, 9.17) is 11.6 Å². The van der Waals surface area contributed by atoms with Gasteiger partial charge < -0.3 is 15.4 Å². The van der Waals surface area contributed by atoms with Crippen LogP contribution < -0.4 is 15.4 Å². The molecule has 0 bridgehead atoms. The van der Waals surface area contributed by atoms with E-state index in [1.807, 2.05) is 5.32 Å². The highest BCUT2D eigenvalue weighted by Crippen LogP contribution is 2.34. The summed E-state index contributed by atoms with van der Waals surface area (Å²) in [6.45, 7) is 0.879. The monoisotopic (exact) mass is 562 g/mol. The summed E-state index contributed by atoms with van der Waals surface area (Å²) in [5.74, 6) is -3.13. The van der Waals surface area contributed by atoms with Gasteiger partial charge in [0.2, 0.25) is 0 Å². The Balaban J connectivity index is 1.97. The molecule has 0 saturated carbocycles. The van der Waals surface area contributed by atoms with Crippen molar-refractivity contribution >= 4 is 55.7 Å². The van der Waals surface area contributed by atoms with Gasteiger partial charge in [-0.2, -0.15) is 13.2 Å². The Hall–Kier alpha value is -3.36. The van der Waals surface area contributed by atoms with Gasteiger partial charge in [-0.1, -0.05) is 23.7 Å². The van der Waals surface area contributed by atoms with E-state index >= 15 is 0 Å². The average molecular weight is 563 g/mol. The third-order valence-electron chi connectivity index (χ3n) is 4.58. The molecule has 0 aliphatic heterocycles. The van der Waals surface area contributed by atoms with Gasteiger partial charge in [0.1, 0.15) is 0 Å². The predicted molar refractivity (Wildman–Crippen MR) is 127 cm³/mol. The van der Waals surface area contributed by atoms with E-state index in [-0.39, 0.29) is 26.3 Å². The number of nitrogens with zero attached hydrogens (tertiary/aromatic N) is 1. The van der Waals surface area contributed by atoms with Gasteiger partial charge in [-0.25, -0.2) is 18.2 Å². The van der Waals surface area contributed by atoms with Gasteiger partial charge in [-0.15, -0.1) is 11.3 Å². The van der Waals surface area contributed by atoms with E-state index in [0.29, 0.717) is 0 Å². The number of rotatable bonds is 9. The molecule has 3 rings (SSSR count). The van der Waals surface area contributed by atoms with Crippen LogP contribution in [-0.4, -0.2) is 43.7 Å². The Morgan fingerprint density at radius 2 is 1.78 bits per heavy atom. The normalized spacial score (nSPS) is 13.4. The molecule has 1 heterocycles. The molecule has 0 unspecified atom stereocenters. The topological polar surface area (TPSA) is 126 Å². The molecule has 0 aliphatic rings. The first kappa shape index (κ1) is 27.2. The van der Waals surface area contributed by atoms with Gasteiger partial charge in [0.25, 0.3) is 15.9 Å². The number of hydrogen-bond donors (Lipinski definition) is 3. The van der Waals surface area contributed by atoms with Crippen LogP contribution in [-0.2, 0) is 19.6 Å². The first-order valence-corrected chi connectivity index (χ1v) is 12.8. The molecule has 3 N–H and O–H groups in total. The molecule has 1 aromatic heterocycles. The van der Waals surface area contributed by atoms with E-state index in [1.54, 1.807) is 10.7 Å². The highest BCUT2D eigenvalue weighted by molar-refractivity contribution is 7.93. The number of alkyl halides is 3. The lowest BCUT2D eigenvalue weighted by atomic mass is 10.1. The van der Waals surface area contributed by atoms with E-state index in [9.17, 15) is 31.2 Å². The lowest BCUT2D eigenvalue weighted by Crippen LogP contribution is -2.69. The highest BCUT2D eigenvalue weighted by atomic mass is 35.5. The summed E-state index contributed by atoms with van der Waals surface area (Å²) >= 11 is 6.96. The van der Waals surface area contributed by atoms with Crippen LogP contribution in [0.15, 0.2) is 65.0 Å². The number of anilines is 2. The number of thiazole rings is 1. The first-order valence-electron chi connectivity index (χ1n) is 10.0. The van der Waals surface area contributed by atoms with Crippen molar-refractivity contribution in [3.8, 4) is 0 Å². The number of halogens is 4. The molecule has 0 aliphatic carbocycles. The molecule has 0 fully saturated rings. The van der Waals surface area contributed by atoms with Crippen LogP contribution in [0.5, 0.6) is 0 Å². The Morgan fingerprint density at radius 3 is 2.33 bits per heavy atom. The second-order valence-corrected chi connectivity index (χ2v) is 9.98. The minimum absolute atomic E-state index is 0.0953. The van der Waals surface area contributed by atoms with Crippen LogP contribution in [0.25, 0.3) is 0 Å². The molecule has 0 saturated heterocycles. The van der Waals surface area contributed by atoms with Crippen molar-refractivity contribution in [1.29, 1.82) is 0 Å². The summed E-state index contributed by atoms with van der Waals surface area (Å²) < 4.78 is 75.0. The van der Waals surface area contributed by atoms with Gasteiger partial charge in [0.05, 0.1) is 22.1 Å². The number of hydrogen-bond acceptors (Lipinski definition) is 8. The van der Waals surface area contributed by atoms with Crippen molar-refractivity contribution in [2.24, 2.45) is 0 Å². The largest absolute Gasteiger partial charge is 0.463 e. The van der Waals surface area contributed by atoms with Crippen LogP contribution in [0.3, 0.4) is 0 Å². The Bertz CT molecular complexity index is 1340. The average Bonchev–Trinajstić information content (AvgIpc) is 3.31. The number of nitrogens with one attached hydrogen (secondary N) is 3. The highest BCUT2D eigenvalue weighted by Gasteiger charge is 2.63. The van der Waals surface area contributed by atoms with Crippen molar-refractivity contribution in [2.75, 3.05) is 16.6 Å². The van der Waals surface area contributed by atoms with Gasteiger partial charge in [0, 0.05) is 17.3 Å². The molecule has 3 aromatic rings. The molecule has 2 aromatic carbocycles. The van der Waals surface area contributed by atoms with Gasteiger partial charge >= 0.3 is 17.8 Å². The fourth-order valence-electron chi connectivity index (χ4n) is 2.89. The first-order chi connectivity index (χ1) is 16.9. The molecule has 15 heteroatoms. The third-order valence-corrected chi connectivity index (χ3v) is 7.08. The summed E-state index contributed by atoms with van der Waals surface area (Å²) in [5, 5.41) is 5.13. The maximum atomic E-state index is 14.4. The number of carbonyl (C=O) groups excluding carboxylic acids is 2. The number of sulfonamides is 1. The zero-order valence-corrected chi connectivity index (χ0v) is 20.7. The number of carbonyl (C=O) groups is 2. The molecule has 1 amide bonds. The van der Waals surface area contributed by atoms with E-state index in [1.165, 1.54) is 37.4 Å². The van der Waals surface area contributed by atoms with E-state index in [0.717, 1.165) is 35.6 Å². The van der Waals surface area contributed by atoms with Crippen LogP contribution in [0.2, 0.25) is 5.02 Å². The molecule has 9 nitrogen and oxygen atoms in total. The summed E-state index contributed by atoms with van der Waals surface area (Å²) in [6, 6.07) is 9.35. The van der Waals surface area contributed by atoms with Crippen molar-refractivity contribution < 1.29 is 35.9 Å². The van der Waals surface area contributed by atoms with Gasteiger partial charge in [-0.3, -0.25) is 9.52 Å². The van der Waals surface area contributed by atoms with Crippen LogP contribution in [0, 0.1) is 0 Å². The third kappa shape index (κ3) is 5.88. The predicted octanol–water partition coefficient (Wildman–Crippen LogP) is 4.26. The van der Waals surface area contributed by atoms with Crippen LogP contribution in [0.1, 0.15) is 17.3 Å². The summed E-state index contributed by atoms with van der Waals surface area (Å²) in [7, 11) is -4.08. The Morgan fingerprint density at radius 1 is 1.11 bits per heavy atom. The summed E-state index contributed by atoms with van der Waals surface area (Å²) in [5.41, 5.74) is -4.37. The second-order valence-electron chi connectivity index (χ2n) is 6.99. The molecule has 36 heavy (non-hydrogen) atoms. The quantitative estimate of drug-likeness (QED) is 0.263. The molecule has 192 valence electrons. The van der Waals surface area contributed by atoms with Gasteiger partial charge in [0.15, 0.2) is 5.13 Å². The zero-order valence-electron chi connectivity index (χ0n) is 18.3. The number of esters is 1. The number of ether oxygens (including phenoxy) is 1. The molecule has 1 atom stereocenters.